The van der Waals surface area contributed by atoms with Crippen molar-refractivity contribution in [2.75, 3.05) is 22.9 Å². The van der Waals surface area contributed by atoms with Gasteiger partial charge in [-0.2, -0.15) is 10.1 Å². The molecule has 4 rings (SSSR count). The van der Waals surface area contributed by atoms with Crippen LogP contribution in [0.25, 0.3) is 0 Å². The average molecular weight is 331 g/mol. The Kier molecular flexibility index (Phi) is 4.29. The summed E-state index contributed by atoms with van der Waals surface area (Å²) in [5.41, 5.74) is 3.88. The molecule has 3 aromatic rings. The minimum atomic E-state index is 0.696. The van der Waals surface area contributed by atoms with Crippen LogP contribution < -0.4 is 9.80 Å². The minimum Gasteiger partial charge on any atom is -0.335 e. The topological polar surface area (TPSA) is 45.2 Å². The number of anilines is 3. The normalized spacial score (nSPS) is 13.4. The zero-order chi connectivity index (χ0) is 17.1. The Morgan fingerprint density at radius 1 is 1.00 bits per heavy atom. The molecule has 0 spiro atoms. The molecular formula is C20H21N5. The Bertz CT molecular complexity index is 849. The van der Waals surface area contributed by atoms with Crippen molar-refractivity contribution in [1.82, 2.24) is 15.2 Å². The molecule has 0 unspecified atom stereocenters. The zero-order valence-corrected chi connectivity index (χ0v) is 14.3. The van der Waals surface area contributed by atoms with E-state index in [0.29, 0.717) is 5.95 Å². The zero-order valence-electron chi connectivity index (χ0n) is 14.3. The molecule has 0 bridgehead atoms. The summed E-state index contributed by atoms with van der Waals surface area (Å²) in [6, 6.07) is 18.8. The summed E-state index contributed by atoms with van der Waals surface area (Å²) in [6.45, 7) is 4.69. The van der Waals surface area contributed by atoms with Crippen molar-refractivity contribution in [2.24, 2.45) is 0 Å². The van der Waals surface area contributed by atoms with Gasteiger partial charge in [-0.05, 0) is 36.6 Å². The fraction of sp³-hybridized carbons (Fsp3) is 0.250. The van der Waals surface area contributed by atoms with Crippen LogP contribution in [0.4, 0.5) is 17.5 Å². The molecule has 0 radical (unpaired) electrons. The van der Waals surface area contributed by atoms with Crippen molar-refractivity contribution in [3.05, 3.63) is 71.9 Å². The number of fused-ring (bicyclic) bond motifs is 1. The third-order valence-electron chi connectivity index (χ3n) is 4.61. The molecule has 0 amide bonds. The molecule has 0 atom stereocenters. The highest BCUT2D eigenvalue weighted by Gasteiger charge is 2.19. The van der Waals surface area contributed by atoms with Gasteiger partial charge >= 0.3 is 0 Å². The Morgan fingerprint density at radius 3 is 2.56 bits per heavy atom. The Hall–Kier alpha value is -2.95. The van der Waals surface area contributed by atoms with Gasteiger partial charge in [0, 0.05) is 25.3 Å². The van der Waals surface area contributed by atoms with Crippen LogP contribution in [0, 0.1) is 0 Å². The summed E-state index contributed by atoms with van der Waals surface area (Å²) >= 11 is 0. The molecule has 1 aliphatic rings. The van der Waals surface area contributed by atoms with Gasteiger partial charge < -0.3 is 9.80 Å². The number of hydrogen-bond donors (Lipinski definition) is 0. The first kappa shape index (κ1) is 15.6. The maximum absolute atomic E-state index is 4.80. The van der Waals surface area contributed by atoms with Gasteiger partial charge in [0.05, 0.1) is 6.20 Å². The number of benzene rings is 2. The molecule has 0 aliphatic carbocycles. The maximum Gasteiger partial charge on any atom is 0.247 e. The van der Waals surface area contributed by atoms with E-state index in [1.165, 1.54) is 11.1 Å². The van der Waals surface area contributed by atoms with E-state index in [0.717, 1.165) is 37.6 Å². The van der Waals surface area contributed by atoms with Gasteiger partial charge in [0.15, 0.2) is 5.82 Å². The monoisotopic (exact) mass is 331 g/mol. The summed E-state index contributed by atoms with van der Waals surface area (Å²) in [6.07, 6.45) is 2.75. The van der Waals surface area contributed by atoms with Crippen LogP contribution in [-0.4, -0.2) is 28.3 Å². The van der Waals surface area contributed by atoms with E-state index < -0.39 is 0 Å². The molecule has 2 aromatic carbocycles. The predicted molar refractivity (Wildman–Crippen MR) is 100 cm³/mol. The Morgan fingerprint density at radius 2 is 1.76 bits per heavy atom. The van der Waals surface area contributed by atoms with E-state index in [2.05, 4.69) is 63.3 Å². The smallest absolute Gasteiger partial charge is 0.247 e. The maximum atomic E-state index is 4.80. The molecule has 1 aliphatic heterocycles. The highest BCUT2D eigenvalue weighted by Crippen LogP contribution is 2.25. The van der Waals surface area contributed by atoms with Gasteiger partial charge in [0.25, 0.3) is 0 Å². The first-order chi connectivity index (χ1) is 12.3. The molecule has 0 saturated heterocycles. The molecule has 0 saturated carbocycles. The second kappa shape index (κ2) is 6.89. The van der Waals surface area contributed by atoms with Crippen molar-refractivity contribution in [1.29, 1.82) is 0 Å². The van der Waals surface area contributed by atoms with Crippen LogP contribution in [0.5, 0.6) is 0 Å². The lowest BCUT2D eigenvalue weighted by Crippen LogP contribution is -2.32. The largest absolute Gasteiger partial charge is 0.335 e. The van der Waals surface area contributed by atoms with Gasteiger partial charge in [0.1, 0.15) is 0 Å². The molecule has 1 aromatic heterocycles. The second-order valence-corrected chi connectivity index (χ2v) is 6.13. The van der Waals surface area contributed by atoms with Crippen LogP contribution in [-0.2, 0) is 13.0 Å². The average Bonchev–Trinajstić information content (AvgIpc) is 2.69. The van der Waals surface area contributed by atoms with Gasteiger partial charge in [-0.25, -0.2) is 0 Å². The van der Waals surface area contributed by atoms with Gasteiger partial charge in [-0.3, -0.25) is 0 Å². The Balaban J connectivity index is 1.62. The van der Waals surface area contributed by atoms with Gasteiger partial charge in [-0.1, -0.05) is 42.5 Å². The minimum absolute atomic E-state index is 0.696. The van der Waals surface area contributed by atoms with E-state index in [1.54, 1.807) is 6.20 Å². The SMILES string of the molecule is CCN(c1ccccc1)c1cnnc(N2CCc3ccccc3C2)n1. The van der Waals surface area contributed by atoms with Crippen molar-refractivity contribution >= 4 is 17.5 Å². The van der Waals surface area contributed by atoms with Gasteiger partial charge in [-0.15, -0.1) is 5.10 Å². The molecule has 0 fully saturated rings. The molecule has 0 N–H and O–H groups in total. The lowest BCUT2D eigenvalue weighted by atomic mass is 10.0. The van der Waals surface area contributed by atoms with Crippen molar-refractivity contribution in [3.63, 3.8) is 0 Å². The summed E-state index contributed by atoms with van der Waals surface area (Å²) in [4.78, 5) is 9.15. The molecule has 5 nitrogen and oxygen atoms in total. The van der Waals surface area contributed by atoms with Crippen molar-refractivity contribution in [3.8, 4) is 0 Å². The van der Waals surface area contributed by atoms with Crippen LogP contribution in [0.1, 0.15) is 18.1 Å². The fourth-order valence-electron chi connectivity index (χ4n) is 3.30. The lowest BCUT2D eigenvalue weighted by Gasteiger charge is -2.29. The first-order valence-corrected chi connectivity index (χ1v) is 8.69. The Labute approximate surface area is 148 Å². The summed E-state index contributed by atoms with van der Waals surface area (Å²) < 4.78 is 0. The standard InChI is InChI=1S/C20H21N5/c1-2-25(18-10-4-3-5-11-18)19-14-21-23-20(22-19)24-13-12-16-8-6-7-9-17(16)15-24/h3-11,14H,2,12-13,15H2,1H3. The number of nitrogens with zero attached hydrogens (tertiary/aromatic N) is 5. The van der Waals surface area contributed by atoms with E-state index in [-0.39, 0.29) is 0 Å². The summed E-state index contributed by atoms with van der Waals surface area (Å²) in [5.74, 6) is 1.53. The number of aromatic nitrogens is 3. The molecule has 25 heavy (non-hydrogen) atoms. The van der Waals surface area contributed by atoms with E-state index in [9.17, 15) is 0 Å². The molecule has 2 heterocycles. The highest BCUT2D eigenvalue weighted by molar-refractivity contribution is 5.59. The van der Waals surface area contributed by atoms with Crippen molar-refractivity contribution < 1.29 is 0 Å². The molecule has 5 heteroatoms. The fourth-order valence-corrected chi connectivity index (χ4v) is 3.30. The predicted octanol–water partition coefficient (Wildman–Crippen LogP) is 3.59. The third-order valence-corrected chi connectivity index (χ3v) is 4.61. The summed E-state index contributed by atoms with van der Waals surface area (Å²) in [7, 11) is 0. The lowest BCUT2D eigenvalue weighted by molar-refractivity contribution is 0.695. The van der Waals surface area contributed by atoms with Crippen LogP contribution >= 0.6 is 0 Å². The third kappa shape index (κ3) is 3.18. The first-order valence-electron chi connectivity index (χ1n) is 8.69. The van der Waals surface area contributed by atoms with Crippen LogP contribution in [0.15, 0.2) is 60.8 Å². The number of rotatable bonds is 4. The van der Waals surface area contributed by atoms with Crippen LogP contribution in [0.3, 0.4) is 0 Å². The van der Waals surface area contributed by atoms with Gasteiger partial charge in [0.2, 0.25) is 5.95 Å². The van der Waals surface area contributed by atoms with Crippen molar-refractivity contribution in [2.45, 2.75) is 19.9 Å². The number of para-hydroxylation sites is 1. The van der Waals surface area contributed by atoms with Crippen LogP contribution in [0.2, 0.25) is 0 Å². The van der Waals surface area contributed by atoms with E-state index in [1.807, 2.05) is 18.2 Å². The number of hydrogen-bond acceptors (Lipinski definition) is 5. The highest BCUT2D eigenvalue weighted by atomic mass is 15.3. The molecule has 126 valence electrons. The van der Waals surface area contributed by atoms with E-state index in [4.69, 9.17) is 4.98 Å². The second-order valence-electron chi connectivity index (χ2n) is 6.13. The molecular weight excluding hydrogens is 310 g/mol. The quantitative estimate of drug-likeness (QED) is 0.731. The summed E-state index contributed by atoms with van der Waals surface area (Å²) in [5, 5.41) is 8.50. The van der Waals surface area contributed by atoms with E-state index >= 15 is 0 Å².